The van der Waals surface area contributed by atoms with Crippen molar-refractivity contribution in [2.75, 3.05) is 26.2 Å². The number of hydrogen-bond donors (Lipinski definition) is 0. The Labute approximate surface area is 159 Å². The van der Waals surface area contributed by atoms with Crippen LogP contribution in [0.1, 0.15) is 28.8 Å². The summed E-state index contributed by atoms with van der Waals surface area (Å²) in [6.45, 7) is 3.89. The fourth-order valence-corrected chi connectivity index (χ4v) is 3.38. The molecule has 0 radical (unpaired) electrons. The third kappa shape index (κ3) is 5.37. The number of piperazine rings is 1. The predicted molar refractivity (Wildman–Crippen MR) is 103 cm³/mol. The maximum atomic E-state index is 14.5. The highest BCUT2D eigenvalue weighted by Crippen LogP contribution is 2.17. The Morgan fingerprint density at radius 3 is 2.31 bits per heavy atom. The summed E-state index contributed by atoms with van der Waals surface area (Å²) in [4.78, 5) is 16.3. The molecule has 3 nitrogen and oxygen atoms in total. The van der Waals surface area contributed by atoms with Gasteiger partial charge in [0.2, 0.25) is 0 Å². The van der Waals surface area contributed by atoms with Crippen molar-refractivity contribution in [1.29, 1.82) is 0 Å². The molecule has 1 aliphatic rings. The Kier molecular flexibility index (Phi) is 6.78. The Morgan fingerprint density at radius 1 is 1.00 bits per heavy atom. The number of ketones is 1. The van der Waals surface area contributed by atoms with Crippen molar-refractivity contribution < 1.29 is 9.18 Å². The quantitative estimate of drug-likeness (QED) is 0.529. The molecule has 0 aliphatic carbocycles. The van der Waals surface area contributed by atoms with Crippen molar-refractivity contribution in [1.82, 2.24) is 9.80 Å². The van der Waals surface area contributed by atoms with Crippen LogP contribution in [0, 0.1) is 0 Å². The van der Waals surface area contributed by atoms with Crippen LogP contribution in [0.5, 0.6) is 0 Å². The SMILES string of the molecule is O=C(CCC(F)N1CCN(Cc2ccc(Cl)cc2)CC1)c1ccccc1. The molecular formula is C21H24ClFN2O. The van der Waals surface area contributed by atoms with Gasteiger partial charge in [-0.15, -0.1) is 0 Å². The van der Waals surface area contributed by atoms with Gasteiger partial charge in [0.25, 0.3) is 0 Å². The number of nitrogens with zero attached hydrogens (tertiary/aromatic N) is 2. The van der Waals surface area contributed by atoms with Gasteiger partial charge in [0.05, 0.1) is 0 Å². The summed E-state index contributed by atoms with van der Waals surface area (Å²) in [7, 11) is 0. The number of alkyl halides is 1. The molecule has 0 spiro atoms. The van der Waals surface area contributed by atoms with E-state index in [1.807, 2.05) is 47.4 Å². The Balaban J connectivity index is 1.41. The summed E-state index contributed by atoms with van der Waals surface area (Å²) < 4.78 is 14.5. The summed E-state index contributed by atoms with van der Waals surface area (Å²) in [6.07, 6.45) is -0.554. The number of carbonyl (C=O) groups is 1. The zero-order valence-corrected chi connectivity index (χ0v) is 15.5. The van der Waals surface area contributed by atoms with Crippen LogP contribution in [-0.2, 0) is 6.54 Å². The lowest BCUT2D eigenvalue weighted by Crippen LogP contribution is -2.48. The second kappa shape index (κ2) is 9.26. The first kappa shape index (κ1) is 19.0. The van der Waals surface area contributed by atoms with E-state index in [9.17, 15) is 9.18 Å². The van der Waals surface area contributed by atoms with Gasteiger partial charge < -0.3 is 0 Å². The largest absolute Gasteiger partial charge is 0.297 e. The standard InChI is InChI=1S/C21H24ClFN2O/c22-19-8-6-17(7-9-19)16-24-12-14-25(15-13-24)21(23)11-10-20(26)18-4-2-1-3-5-18/h1-9,21H,10-16H2. The van der Waals surface area contributed by atoms with E-state index in [0.717, 1.165) is 24.7 Å². The smallest absolute Gasteiger partial charge is 0.163 e. The van der Waals surface area contributed by atoms with Gasteiger partial charge in [0.15, 0.2) is 12.1 Å². The first-order chi connectivity index (χ1) is 12.6. The van der Waals surface area contributed by atoms with E-state index in [0.29, 0.717) is 18.7 Å². The van der Waals surface area contributed by atoms with E-state index in [1.165, 1.54) is 5.56 Å². The van der Waals surface area contributed by atoms with Crippen molar-refractivity contribution in [3.05, 3.63) is 70.7 Å². The van der Waals surface area contributed by atoms with E-state index in [1.54, 1.807) is 12.1 Å². The number of carbonyl (C=O) groups excluding carboxylic acids is 1. The maximum Gasteiger partial charge on any atom is 0.163 e. The van der Waals surface area contributed by atoms with Gasteiger partial charge in [0, 0.05) is 49.7 Å². The Bertz CT molecular complexity index is 700. The van der Waals surface area contributed by atoms with Gasteiger partial charge in [-0.05, 0) is 24.1 Å². The molecule has 1 heterocycles. The molecule has 1 atom stereocenters. The van der Waals surface area contributed by atoms with E-state index < -0.39 is 6.30 Å². The van der Waals surface area contributed by atoms with E-state index in [-0.39, 0.29) is 18.6 Å². The minimum atomic E-state index is -1.06. The van der Waals surface area contributed by atoms with Gasteiger partial charge in [0.1, 0.15) is 0 Å². The van der Waals surface area contributed by atoms with Gasteiger partial charge in [-0.25, -0.2) is 4.39 Å². The van der Waals surface area contributed by atoms with E-state index >= 15 is 0 Å². The molecule has 2 aromatic rings. The highest BCUT2D eigenvalue weighted by Gasteiger charge is 2.24. The molecule has 26 heavy (non-hydrogen) atoms. The summed E-state index contributed by atoms with van der Waals surface area (Å²) in [5.41, 5.74) is 1.88. The number of Topliss-reactive ketones (excluding diaryl/α,β-unsaturated/α-hetero) is 1. The fourth-order valence-electron chi connectivity index (χ4n) is 3.25. The van der Waals surface area contributed by atoms with Crippen molar-refractivity contribution in [3.8, 4) is 0 Å². The summed E-state index contributed by atoms with van der Waals surface area (Å²) in [5.74, 6) is 0.00891. The van der Waals surface area contributed by atoms with E-state index in [2.05, 4.69) is 4.90 Å². The van der Waals surface area contributed by atoms with Crippen LogP contribution in [0.2, 0.25) is 5.02 Å². The van der Waals surface area contributed by atoms with Crippen LogP contribution in [-0.4, -0.2) is 48.1 Å². The average Bonchev–Trinajstić information content (AvgIpc) is 2.69. The second-order valence-corrected chi connectivity index (χ2v) is 7.14. The molecule has 0 amide bonds. The van der Waals surface area contributed by atoms with Crippen LogP contribution in [0.15, 0.2) is 54.6 Å². The Morgan fingerprint density at radius 2 is 1.65 bits per heavy atom. The first-order valence-electron chi connectivity index (χ1n) is 9.05. The molecule has 2 aromatic carbocycles. The molecule has 138 valence electrons. The zero-order valence-electron chi connectivity index (χ0n) is 14.8. The van der Waals surface area contributed by atoms with Gasteiger partial charge in [-0.1, -0.05) is 54.1 Å². The minimum Gasteiger partial charge on any atom is -0.297 e. The molecule has 0 N–H and O–H groups in total. The van der Waals surface area contributed by atoms with Crippen molar-refractivity contribution >= 4 is 17.4 Å². The molecule has 3 rings (SSSR count). The molecule has 1 unspecified atom stereocenters. The predicted octanol–water partition coefficient (Wildman–Crippen LogP) is 4.42. The lowest BCUT2D eigenvalue weighted by molar-refractivity contribution is 0.0237. The topological polar surface area (TPSA) is 23.6 Å². The van der Waals surface area contributed by atoms with Crippen molar-refractivity contribution in [3.63, 3.8) is 0 Å². The van der Waals surface area contributed by atoms with Crippen LogP contribution >= 0.6 is 11.6 Å². The van der Waals surface area contributed by atoms with Crippen LogP contribution in [0.25, 0.3) is 0 Å². The third-order valence-electron chi connectivity index (χ3n) is 4.83. The van der Waals surface area contributed by atoms with Crippen molar-refractivity contribution in [2.45, 2.75) is 25.7 Å². The van der Waals surface area contributed by atoms with Crippen molar-refractivity contribution in [2.24, 2.45) is 0 Å². The molecule has 1 saturated heterocycles. The maximum absolute atomic E-state index is 14.5. The number of rotatable bonds is 7. The molecule has 1 fully saturated rings. The second-order valence-electron chi connectivity index (χ2n) is 6.70. The normalized spacial score (nSPS) is 17.2. The number of benzene rings is 2. The van der Waals surface area contributed by atoms with Crippen LogP contribution < -0.4 is 0 Å². The summed E-state index contributed by atoms with van der Waals surface area (Å²) >= 11 is 5.91. The van der Waals surface area contributed by atoms with Gasteiger partial charge in [-0.3, -0.25) is 14.6 Å². The number of hydrogen-bond acceptors (Lipinski definition) is 3. The molecule has 0 bridgehead atoms. The average molecular weight is 375 g/mol. The third-order valence-corrected chi connectivity index (χ3v) is 5.08. The summed E-state index contributed by atoms with van der Waals surface area (Å²) in [5, 5.41) is 0.740. The lowest BCUT2D eigenvalue weighted by Gasteiger charge is -2.36. The molecular weight excluding hydrogens is 351 g/mol. The fraction of sp³-hybridized carbons (Fsp3) is 0.381. The summed E-state index contributed by atoms with van der Waals surface area (Å²) in [6, 6.07) is 17.0. The van der Waals surface area contributed by atoms with Gasteiger partial charge in [-0.2, -0.15) is 0 Å². The van der Waals surface area contributed by atoms with Crippen LogP contribution in [0.4, 0.5) is 4.39 Å². The highest BCUT2D eigenvalue weighted by molar-refractivity contribution is 6.30. The molecule has 0 saturated carbocycles. The Hall–Kier alpha value is -1.75. The monoisotopic (exact) mass is 374 g/mol. The molecule has 5 heteroatoms. The van der Waals surface area contributed by atoms with Crippen LogP contribution in [0.3, 0.4) is 0 Å². The van der Waals surface area contributed by atoms with Gasteiger partial charge >= 0.3 is 0 Å². The molecule has 1 aliphatic heterocycles. The number of halogens is 2. The van der Waals surface area contributed by atoms with E-state index in [4.69, 9.17) is 11.6 Å². The first-order valence-corrected chi connectivity index (χ1v) is 9.43. The zero-order chi connectivity index (χ0) is 18.4. The minimum absolute atomic E-state index is 0.00891. The lowest BCUT2D eigenvalue weighted by atomic mass is 10.1. The molecule has 0 aromatic heterocycles. The highest BCUT2D eigenvalue weighted by atomic mass is 35.5.